The molecular weight excluding hydrogens is 232 g/mol. The van der Waals surface area contributed by atoms with Crippen molar-refractivity contribution >= 4 is 11.7 Å². The van der Waals surface area contributed by atoms with E-state index in [4.69, 9.17) is 4.74 Å². The van der Waals surface area contributed by atoms with E-state index in [0.717, 1.165) is 19.5 Å². The van der Waals surface area contributed by atoms with Crippen molar-refractivity contribution in [2.24, 2.45) is 0 Å². The number of hydrogen-bond acceptors (Lipinski definition) is 5. The van der Waals surface area contributed by atoms with Crippen molar-refractivity contribution in [2.75, 3.05) is 25.0 Å². The number of anilines is 1. The largest absolute Gasteiger partial charge is 0.477 e. The van der Waals surface area contributed by atoms with Crippen LogP contribution in [0.25, 0.3) is 0 Å². The second-order valence-electron chi connectivity index (χ2n) is 4.27. The molecule has 1 amide bonds. The summed E-state index contributed by atoms with van der Waals surface area (Å²) in [5.74, 6) is 1.33. The van der Waals surface area contributed by atoms with Crippen molar-refractivity contribution < 1.29 is 9.53 Å². The maximum atomic E-state index is 11.2. The second kappa shape index (κ2) is 5.66. The first-order valence-corrected chi connectivity index (χ1v) is 6.16. The Balaban J connectivity index is 1.94. The predicted octanol–water partition coefficient (Wildman–Crippen LogP) is 0.908. The topological polar surface area (TPSA) is 67.3 Å². The molecule has 18 heavy (non-hydrogen) atoms. The van der Waals surface area contributed by atoms with Crippen LogP contribution in [0.2, 0.25) is 0 Å². The summed E-state index contributed by atoms with van der Waals surface area (Å²) in [6.07, 6.45) is 4.18. The fourth-order valence-corrected chi connectivity index (χ4v) is 2.01. The van der Waals surface area contributed by atoms with E-state index >= 15 is 0 Å². The normalized spacial score (nSPS) is 18.8. The zero-order valence-corrected chi connectivity index (χ0v) is 10.7. The number of likely N-dealkylation sites (tertiary alicyclic amines) is 1. The van der Waals surface area contributed by atoms with Gasteiger partial charge in [0.15, 0.2) is 0 Å². The van der Waals surface area contributed by atoms with Crippen LogP contribution in [0, 0.1) is 0 Å². The van der Waals surface area contributed by atoms with Crippen molar-refractivity contribution in [2.45, 2.75) is 26.3 Å². The third-order valence-electron chi connectivity index (χ3n) is 2.89. The molecule has 0 bridgehead atoms. The Labute approximate surface area is 106 Å². The van der Waals surface area contributed by atoms with Crippen LogP contribution in [0.15, 0.2) is 12.4 Å². The van der Waals surface area contributed by atoms with E-state index < -0.39 is 0 Å². The van der Waals surface area contributed by atoms with E-state index in [0.29, 0.717) is 18.3 Å². The Kier molecular flexibility index (Phi) is 3.96. The molecule has 1 unspecified atom stereocenters. The van der Waals surface area contributed by atoms with Gasteiger partial charge in [-0.25, -0.2) is 0 Å². The number of nitrogens with one attached hydrogen (secondary N) is 1. The molecule has 1 aliphatic heterocycles. The molecule has 2 heterocycles. The third kappa shape index (κ3) is 3.09. The average molecular weight is 250 g/mol. The lowest BCUT2D eigenvalue weighted by atomic mass is 10.3. The van der Waals surface area contributed by atoms with Gasteiger partial charge < -0.3 is 15.0 Å². The van der Waals surface area contributed by atoms with Gasteiger partial charge in [-0.2, -0.15) is 4.98 Å². The van der Waals surface area contributed by atoms with Crippen LogP contribution in [-0.2, 0) is 4.79 Å². The lowest BCUT2D eigenvalue weighted by molar-refractivity contribution is -0.127. The summed E-state index contributed by atoms with van der Waals surface area (Å²) >= 11 is 0. The monoisotopic (exact) mass is 250 g/mol. The Morgan fingerprint density at radius 2 is 2.44 bits per heavy atom. The maximum Gasteiger partial charge on any atom is 0.234 e. The first kappa shape index (κ1) is 12.6. The Hall–Kier alpha value is -1.85. The summed E-state index contributed by atoms with van der Waals surface area (Å²) in [5.41, 5.74) is 0. The molecule has 1 aromatic rings. The fraction of sp³-hybridized carbons (Fsp3) is 0.583. The summed E-state index contributed by atoms with van der Waals surface area (Å²) < 4.78 is 5.29. The highest BCUT2D eigenvalue weighted by molar-refractivity contribution is 5.73. The molecule has 1 aromatic heterocycles. The van der Waals surface area contributed by atoms with E-state index in [2.05, 4.69) is 15.3 Å². The fourth-order valence-electron chi connectivity index (χ4n) is 2.01. The van der Waals surface area contributed by atoms with Gasteiger partial charge in [0, 0.05) is 26.1 Å². The minimum absolute atomic E-state index is 0.119. The van der Waals surface area contributed by atoms with E-state index in [-0.39, 0.29) is 11.9 Å². The molecule has 1 N–H and O–H groups in total. The van der Waals surface area contributed by atoms with Gasteiger partial charge in [0.2, 0.25) is 11.8 Å². The zero-order chi connectivity index (χ0) is 13.0. The van der Waals surface area contributed by atoms with Crippen molar-refractivity contribution in [3.05, 3.63) is 12.4 Å². The Morgan fingerprint density at radius 1 is 1.61 bits per heavy atom. The number of rotatable bonds is 4. The summed E-state index contributed by atoms with van der Waals surface area (Å²) in [5, 5.41) is 3.28. The average Bonchev–Trinajstić information content (AvgIpc) is 2.78. The molecule has 6 nitrogen and oxygen atoms in total. The number of amides is 1. The van der Waals surface area contributed by atoms with Crippen LogP contribution < -0.4 is 10.1 Å². The van der Waals surface area contributed by atoms with Crippen LogP contribution in [0.4, 0.5) is 5.82 Å². The molecule has 2 rings (SSSR count). The van der Waals surface area contributed by atoms with Gasteiger partial charge in [-0.1, -0.05) is 0 Å². The first-order chi connectivity index (χ1) is 8.69. The molecule has 0 radical (unpaired) electrons. The minimum Gasteiger partial charge on any atom is -0.477 e. The number of carbonyl (C=O) groups is 1. The molecule has 0 aliphatic carbocycles. The summed E-state index contributed by atoms with van der Waals surface area (Å²) in [6.45, 7) is 5.59. The quantitative estimate of drug-likeness (QED) is 0.860. The predicted molar refractivity (Wildman–Crippen MR) is 67.5 cm³/mol. The molecule has 0 aromatic carbocycles. The van der Waals surface area contributed by atoms with Crippen molar-refractivity contribution in [1.29, 1.82) is 0 Å². The highest BCUT2D eigenvalue weighted by Crippen LogP contribution is 2.15. The number of nitrogens with zero attached hydrogens (tertiary/aromatic N) is 3. The summed E-state index contributed by atoms with van der Waals surface area (Å²) in [7, 11) is 0. The molecule has 1 saturated heterocycles. The lowest BCUT2D eigenvalue weighted by Gasteiger charge is -2.15. The summed E-state index contributed by atoms with van der Waals surface area (Å²) in [6, 6.07) is 0.236. The third-order valence-corrected chi connectivity index (χ3v) is 2.89. The number of carbonyl (C=O) groups excluding carboxylic acids is 1. The first-order valence-electron chi connectivity index (χ1n) is 6.16. The van der Waals surface area contributed by atoms with Gasteiger partial charge in [0.25, 0.3) is 0 Å². The summed E-state index contributed by atoms with van der Waals surface area (Å²) in [4.78, 5) is 21.4. The van der Waals surface area contributed by atoms with Crippen LogP contribution in [-0.4, -0.2) is 46.5 Å². The van der Waals surface area contributed by atoms with Crippen molar-refractivity contribution in [3.63, 3.8) is 0 Å². The van der Waals surface area contributed by atoms with E-state index in [9.17, 15) is 4.79 Å². The van der Waals surface area contributed by atoms with Crippen LogP contribution in [0.3, 0.4) is 0 Å². The minimum atomic E-state index is 0.119. The highest BCUT2D eigenvalue weighted by atomic mass is 16.5. The van der Waals surface area contributed by atoms with Crippen LogP contribution in [0.1, 0.15) is 20.3 Å². The standard InChI is InChI=1S/C12H18N4O2/c1-3-18-12-7-13-6-11(15-12)14-10-4-5-16(8-10)9(2)17/h6-7,10H,3-5,8H2,1-2H3,(H,14,15). The SMILES string of the molecule is CCOc1cncc(NC2CCN(C(C)=O)C2)n1. The molecule has 98 valence electrons. The smallest absolute Gasteiger partial charge is 0.234 e. The number of aromatic nitrogens is 2. The molecular formula is C12H18N4O2. The van der Waals surface area contributed by atoms with Gasteiger partial charge in [0.1, 0.15) is 5.82 Å². The van der Waals surface area contributed by atoms with Gasteiger partial charge in [0.05, 0.1) is 19.0 Å². The van der Waals surface area contributed by atoms with E-state index in [1.807, 2.05) is 11.8 Å². The molecule has 1 aliphatic rings. The number of hydrogen-bond donors (Lipinski definition) is 1. The van der Waals surface area contributed by atoms with Gasteiger partial charge in [-0.3, -0.25) is 9.78 Å². The lowest BCUT2D eigenvalue weighted by Crippen LogP contribution is -2.29. The van der Waals surface area contributed by atoms with Gasteiger partial charge >= 0.3 is 0 Å². The van der Waals surface area contributed by atoms with E-state index in [1.54, 1.807) is 19.3 Å². The molecule has 6 heteroatoms. The molecule has 1 fully saturated rings. The molecule has 1 atom stereocenters. The maximum absolute atomic E-state index is 11.2. The van der Waals surface area contributed by atoms with Crippen LogP contribution in [0.5, 0.6) is 5.88 Å². The second-order valence-corrected chi connectivity index (χ2v) is 4.27. The van der Waals surface area contributed by atoms with Gasteiger partial charge in [-0.15, -0.1) is 0 Å². The van der Waals surface area contributed by atoms with Crippen molar-refractivity contribution in [3.8, 4) is 5.88 Å². The Morgan fingerprint density at radius 3 is 3.11 bits per heavy atom. The molecule has 0 saturated carbocycles. The van der Waals surface area contributed by atoms with Gasteiger partial charge in [-0.05, 0) is 13.3 Å². The highest BCUT2D eigenvalue weighted by Gasteiger charge is 2.24. The van der Waals surface area contributed by atoms with Crippen LogP contribution >= 0.6 is 0 Å². The number of ether oxygens (including phenoxy) is 1. The zero-order valence-electron chi connectivity index (χ0n) is 10.7. The van der Waals surface area contributed by atoms with E-state index in [1.165, 1.54) is 0 Å². The Bertz CT molecular complexity index is 424. The van der Waals surface area contributed by atoms with Crippen molar-refractivity contribution in [1.82, 2.24) is 14.9 Å². The molecule has 0 spiro atoms.